The Morgan fingerprint density at radius 1 is 1.22 bits per heavy atom. The van der Waals surface area contributed by atoms with Gasteiger partial charge < -0.3 is 23.8 Å². The maximum atomic E-state index is 13.2. The molecule has 37 heavy (non-hydrogen) atoms. The average molecular weight is 505 g/mol. The van der Waals surface area contributed by atoms with Crippen molar-refractivity contribution in [2.45, 2.75) is 75.0 Å². The number of likely N-dealkylation sites (N-methyl/N-ethyl adjacent to an activating group) is 1. The smallest absolute Gasteiger partial charge is 0.174 e. The van der Waals surface area contributed by atoms with Gasteiger partial charge in [0.1, 0.15) is 18.4 Å². The molecule has 2 bridgehead atoms. The number of hydrogen-bond acceptors (Lipinski definition) is 5. The highest BCUT2D eigenvalue weighted by molar-refractivity contribution is 5.89. The monoisotopic (exact) mass is 504 g/mol. The van der Waals surface area contributed by atoms with E-state index in [4.69, 9.17) is 14.2 Å². The first-order valence-corrected chi connectivity index (χ1v) is 14.2. The summed E-state index contributed by atoms with van der Waals surface area (Å²) in [6, 6.07) is 12.6. The summed E-state index contributed by atoms with van der Waals surface area (Å²) in [5, 5.41) is 11.1. The van der Waals surface area contributed by atoms with Crippen LogP contribution in [0, 0.1) is 5.92 Å². The average Bonchev–Trinajstić information content (AvgIpc) is 3.53. The number of ketones is 1. The van der Waals surface area contributed by atoms with Crippen molar-refractivity contribution in [3.05, 3.63) is 53.1 Å². The minimum Gasteiger partial charge on any atom is -0.504 e. The molecule has 3 fully saturated rings. The number of likely N-dealkylation sites (tertiary alicyclic amines) is 1. The van der Waals surface area contributed by atoms with Crippen LogP contribution in [0.15, 0.2) is 36.4 Å². The number of Topliss-reactive ketones (excluding diaryl/α,β-unsaturated/α-hetero) is 1. The van der Waals surface area contributed by atoms with Crippen LogP contribution in [0.25, 0.3) is 0 Å². The summed E-state index contributed by atoms with van der Waals surface area (Å²) in [5.41, 5.74) is 3.23. The van der Waals surface area contributed by atoms with E-state index in [-0.39, 0.29) is 16.9 Å². The molecule has 1 N–H and O–H groups in total. The fourth-order valence-corrected chi connectivity index (χ4v) is 8.55. The van der Waals surface area contributed by atoms with Crippen LogP contribution in [-0.2, 0) is 27.8 Å². The molecule has 3 aliphatic heterocycles. The lowest BCUT2D eigenvalue weighted by Crippen LogP contribution is -2.72. The van der Waals surface area contributed by atoms with Gasteiger partial charge in [-0.3, -0.25) is 4.79 Å². The van der Waals surface area contributed by atoms with Gasteiger partial charge >= 0.3 is 0 Å². The van der Waals surface area contributed by atoms with Crippen molar-refractivity contribution in [2.75, 3.05) is 33.4 Å². The van der Waals surface area contributed by atoms with Gasteiger partial charge in [-0.2, -0.15) is 0 Å². The maximum absolute atomic E-state index is 13.2. The quantitative estimate of drug-likeness (QED) is 0.449. The summed E-state index contributed by atoms with van der Waals surface area (Å²) in [6.07, 6.45) is 7.29. The molecular weight excluding hydrogens is 466 g/mol. The van der Waals surface area contributed by atoms with Gasteiger partial charge in [0, 0.05) is 49.0 Å². The maximum Gasteiger partial charge on any atom is 0.174 e. The van der Waals surface area contributed by atoms with Crippen LogP contribution in [0.4, 0.5) is 0 Å². The number of nitrogens with zero attached hydrogens (tertiary/aromatic N) is 1. The molecule has 2 aromatic rings. The van der Waals surface area contributed by atoms with Crippen molar-refractivity contribution < 1.29 is 28.6 Å². The predicted octanol–water partition coefficient (Wildman–Crippen LogP) is 4.34. The molecule has 6 heteroatoms. The number of quaternary nitrogens is 1. The van der Waals surface area contributed by atoms with E-state index >= 15 is 0 Å². The van der Waals surface area contributed by atoms with Gasteiger partial charge in [-0.05, 0) is 37.7 Å². The number of carbonyl (C=O) groups is 1. The number of hydrogen-bond donors (Lipinski definition) is 1. The lowest BCUT2D eigenvalue weighted by atomic mass is 9.51. The van der Waals surface area contributed by atoms with Gasteiger partial charge in [-0.15, -0.1) is 0 Å². The molecule has 6 nitrogen and oxygen atoms in total. The van der Waals surface area contributed by atoms with Crippen LogP contribution in [0.1, 0.15) is 55.2 Å². The Morgan fingerprint density at radius 3 is 2.89 bits per heavy atom. The van der Waals surface area contributed by atoms with Gasteiger partial charge in [-0.1, -0.05) is 30.3 Å². The van der Waals surface area contributed by atoms with Crippen molar-refractivity contribution in [1.29, 1.82) is 0 Å². The zero-order chi connectivity index (χ0) is 25.2. The number of benzene rings is 2. The molecule has 7 rings (SSSR count). The molecular formula is C31H38NO5+. The molecule has 1 spiro atoms. The molecule has 1 saturated carbocycles. The summed E-state index contributed by atoms with van der Waals surface area (Å²) >= 11 is 0. The fourth-order valence-electron chi connectivity index (χ4n) is 8.55. The molecule has 0 aromatic heterocycles. The van der Waals surface area contributed by atoms with Crippen molar-refractivity contribution in [1.82, 2.24) is 0 Å². The van der Waals surface area contributed by atoms with E-state index in [0.717, 1.165) is 80.4 Å². The fraction of sp³-hybridized carbons (Fsp3) is 0.581. The number of rotatable bonds is 7. The van der Waals surface area contributed by atoms with Crippen molar-refractivity contribution in [2.24, 2.45) is 5.92 Å². The first kappa shape index (κ1) is 23.5. The second kappa shape index (κ2) is 8.74. The number of aromatic hydroxyl groups is 1. The number of phenolic OH excluding ortho intramolecular Hbond substituents is 1. The van der Waals surface area contributed by atoms with Crippen LogP contribution in [0.5, 0.6) is 17.2 Å². The third kappa shape index (κ3) is 3.55. The molecule has 0 amide bonds. The molecule has 0 unspecified atom stereocenters. The van der Waals surface area contributed by atoms with Gasteiger partial charge in [0.15, 0.2) is 23.4 Å². The van der Waals surface area contributed by atoms with Crippen LogP contribution < -0.4 is 9.47 Å². The zero-order valence-corrected chi connectivity index (χ0v) is 21.8. The Balaban J connectivity index is 1.23. The second-order valence-electron chi connectivity index (χ2n) is 12.2. The van der Waals surface area contributed by atoms with E-state index in [1.165, 1.54) is 11.1 Å². The molecule has 6 atom stereocenters. The molecule has 2 aromatic carbocycles. The minimum absolute atomic E-state index is 0.118. The van der Waals surface area contributed by atoms with Gasteiger partial charge in [0.05, 0.1) is 31.7 Å². The lowest BCUT2D eigenvalue weighted by molar-refractivity contribution is -0.947. The van der Waals surface area contributed by atoms with Crippen LogP contribution >= 0.6 is 0 Å². The summed E-state index contributed by atoms with van der Waals surface area (Å²) in [7, 11) is 2.41. The van der Waals surface area contributed by atoms with E-state index in [1.54, 1.807) is 6.07 Å². The predicted molar refractivity (Wildman–Crippen MR) is 139 cm³/mol. The lowest BCUT2D eigenvalue weighted by Gasteiger charge is -2.60. The Bertz CT molecular complexity index is 1210. The largest absolute Gasteiger partial charge is 0.504 e. The first-order valence-electron chi connectivity index (χ1n) is 14.2. The van der Waals surface area contributed by atoms with Crippen LogP contribution in [0.3, 0.4) is 0 Å². The summed E-state index contributed by atoms with van der Waals surface area (Å²) in [5.74, 6) is 2.01. The number of carbonyl (C=O) groups excluding carboxylic acids is 1. The molecule has 2 saturated heterocycles. The third-order valence-corrected chi connectivity index (χ3v) is 10.2. The van der Waals surface area contributed by atoms with E-state index in [2.05, 4.69) is 31.3 Å². The third-order valence-electron chi connectivity index (χ3n) is 10.2. The summed E-state index contributed by atoms with van der Waals surface area (Å²) < 4.78 is 19.9. The summed E-state index contributed by atoms with van der Waals surface area (Å²) in [6.45, 7) is 3.51. The highest BCUT2D eigenvalue weighted by Crippen LogP contribution is 2.65. The van der Waals surface area contributed by atoms with Crippen LogP contribution in [0.2, 0.25) is 0 Å². The second-order valence-corrected chi connectivity index (χ2v) is 12.2. The van der Waals surface area contributed by atoms with Gasteiger partial charge in [-0.25, -0.2) is 0 Å². The number of aryl methyl sites for hydroxylation is 1. The standard InChI is InChI=1S/C31H37NO5/c1-32(19-21-10-6-15-35-21)14-13-31-23-11-12-25(33)30(31)37-29-26(34)18-27(22(28(29)31)17-24(23)32)36-16-5-9-20-7-3-2-4-8-20/h2-4,7-8,18,21,23-24,30H,5-6,9-17,19H2,1H3/p+1/t21-,23+,24-,30+,31+,32-/m1/s1. The van der Waals surface area contributed by atoms with Crippen LogP contribution in [-0.4, -0.2) is 67.0 Å². The number of piperidine rings is 1. The van der Waals surface area contributed by atoms with Crippen molar-refractivity contribution >= 4 is 5.78 Å². The Hall–Kier alpha value is -2.57. The molecule has 196 valence electrons. The number of ether oxygens (including phenoxy) is 3. The van der Waals surface area contributed by atoms with E-state index in [0.29, 0.717) is 36.8 Å². The highest BCUT2D eigenvalue weighted by Gasteiger charge is 2.69. The first-order chi connectivity index (χ1) is 18.0. The van der Waals surface area contributed by atoms with Crippen molar-refractivity contribution in [3.63, 3.8) is 0 Å². The molecule has 5 aliphatic rings. The normalized spacial score (nSPS) is 35.2. The SMILES string of the molecule is C[N@+]1(C[C@H]2CCCO2)CC[C@]23c4c5c(OCCCc6ccccc6)cc(O)c4O[C@H]2C(=O)CC[C@H]3[C@H]1C5. The Labute approximate surface area is 219 Å². The van der Waals surface area contributed by atoms with Crippen molar-refractivity contribution in [3.8, 4) is 17.2 Å². The summed E-state index contributed by atoms with van der Waals surface area (Å²) in [4.78, 5) is 13.2. The Kier molecular flexibility index (Phi) is 5.56. The minimum atomic E-state index is -0.474. The molecule has 2 aliphatic carbocycles. The number of phenols is 1. The van der Waals surface area contributed by atoms with E-state index in [9.17, 15) is 9.90 Å². The Morgan fingerprint density at radius 2 is 2.08 bits per heavy atom. The van der Waals surface area contributed by atoms with E-state index in [1.807, 2.05) is 6.07 Å². The highest BCUT2D eigenvalue weighted by atomic mass is 16.5. The zero-order valence-electron chi connectivity index (χ0n) is 21.8. The molecule has 3 heterocycles. The van der Waals surface area contributed by atoms with Gasteiger partial charge in [0.25, 0.3) is 0 Å². The topological polar surface area (TPSA) is 65.0 Å². The van der Waals surface area contributed by atoms with Gasteiger partial charge in [0.2, 0.25) is 0 Å². The molecule has 0 radical (unpaired) electrons. The van der Waals surface area contributed by atoms with E-state index < -0.39 is 6.10 Å².